The van der Waals surface area contributed by atoms with Crippen molar-refractivity contribution < 1.29 is 5.11 Å². The fraction of sp³-hybridized carbons (Fsp3) is 0.200. The number of nitrogens with two attached hydrogens (primary N) is 1. The van der Waals surface area contributed by atoms with E-state index in [9.17, 15) is 0 Å². The molecule has 20 heavy (non-hydrogen) atoms. The number of aromatic nitrogens is 3. The van der Waals surface area contributed by atoms with Crippen molar-refractivity contribution in [1.29, 1.82) is 0 Å². The summed E-state index contributed by atoms with van der Waals surface area (Å²) in [6.07, 6.45) is 1.75. The maximum absolute atomic E-state index is 9.16. The maximum Gasteiger partial charge on any atom is 0.159 e. The van der Waals surface area contributed by atoms with Crippen molar-refractivity contribution in [3.05, 3.63) is 48.2 Å². The summed E-state index contributed by atoms with van der Waals surface area (Å²) in [5, 5.41) is 9.16. The van der Waals surface area contributed by atoms with Gasteiger partial charge in [0.05, 0.1) is 23.7 Å². The quantitative estimate of drug-likeness (QED) is 0.757. The predicted octanol–water partition coefficient (Wildman–Crippen LogP) is 1.63. The van der Waals surface area contributed by atoms with Crippen molar-refractivity contribution in [2.45, 2.75) is 6.04 Å². The van der Waals surface area contributed by atoms with E-state index in [1.54, 1.807) is 6.20 Å². The third kappa shape index (κ3) is 2.07. The lowest BCUT2D eigenvalue weighted by Crippen LogP contribution is -2.14. The molecule has 0 amide bonds. The van der Waals surface area contributed by atoms with Crippen molar-refractivity contribution in [3.8, 4) is 11.5 Å². The van der Waals surface area contributed by atoms with Crippen molar-refractivity contribution in [2.24, 2.45) is 12.8 Å². The highest BCUT2D eigenvalue weighted by atomic mass is 16.3. The van der Waals surface area contributed by atoms with Crippen LogP contribution in [-0.2, 0) is 7.05 Å². The number of pyridine rings is 1. The predicted molar refractivity (Wildman–Crippen MR) is 78.0 cm³/mol. The van der Waals surface area contributed by atoms with Crippen molar-refractivity contribution >= 4 is 11.0 Å². The van der Waals surface area contributed by atoms with Gasteiger partial charge in [-0.25, -0.2) is 4.98 Å². The molecule has 0 aliphatic heterocycles. The first kappa shape index (κ1) is 12.8. The number of nitrogens with zero attached hydrogens (tertiary/aromatic N) is 3. The lowest BCUT2D eigenvalue weighted by atomic mass is 10.1. The lowest BCUT2D eigenvalue weighted by Gasteiger charge is -2.08. The van der Waals surface area contributed by atoms with Crippen molar-refractivity contribution in [2.75, 3.05) is 6.61 Å². The van der Waals surface area contributed by atoms with E-state index in [2.05, 4.69) is 9.97 Å². The monoisotopic (exact) mass is 268 g/mol. The van der Waals surface area contributed by atoms with Gasteiger partial charge in [-0.2, -0.15) is 0 Å². The molecule has 0 aliphatic rings. The lowest BCUT2D eigenvalue weighted by molar-refractivity contribution is 0.268. The molecule has 2 heterocycles. The zero-order valence-electron chi connectivity index (χ0n) is 11.2. The third-order valence-corrected chi connectivity index (χ3v) is 3.42. The molecule has 0 spiro atoms. The van der Waals surface area contributed by atoms with Gasteiger partial charge in [0.1, 0.15) is 5.69 Å². The summed E-state index contributed by atoms with van der Waals surface area (Å²) in [6, 6.07) is 11.2. The van der Waals surface area contributed by atoms with E-state index in [-0.39, 0.29) is 12.6 Å². The Balaban J connectivity index is 2.16. The molecule has 0 fully saturated rings. The molecule has 3 rings (SSSR count). The number of aliphatic hydroxyl groups excluding tert-OH is 1. The fourth-order valence-corrected chi connectivity index (χ4v) is 2.27. The second-order valence-electron chi connectivity index (χ2n) is 4.75. The average molecular weight is 268 g/mol. The van der Waals surface area contributed by atoms with Gasteiger partial charge in [-0.1, -0.05) is 12.1 Å². The Labute approximate surface area is 116 Å². The van der Waals surface area contributed by atoms with Crippen LogP contribution < -0.4 is 5.73 Å². The Morgan fingerprint density at radius 3 is 2.85 bits per heavy atom. The van der Waals surface area contributed by atoms with E-state index < -0.39 is 0 Å². The van der Waals surface area contributed by atoms with Crippen LogP contribution in [0.5, 0.6) is 0 Å². The van der Waals surface area contributed by atoms with Crippen LogP contribution in [0.4, 0.5) is 0 Å². The standard InChI is InChI=1S/C15H16N4O/c1-19-14-8-10(11(16)9-20)5-6-12(14)18-15(19)13-4-2-3-7-17-13/h2-8,11,20H,9,16H2,1H3. The first-order valence-corrected chi connectivity index (χ1v) is 6.45. The topological polar surface area (TPSA) is 77.0 Å². The van der Waals surface area contributed by atoms with Gasteiger partial charge in [0.25, 0.3) is 0 Å². The van der Waals surface area contributed by atoms with Crippen LogP contribution in [-0.4, -0.2) is 26.2 Å². The van der Waals surface area contributed by atoms with Crippen molar-refractivity contribution in [3.63, 3.8) is 0 Å². The number of hydrogen-bond acceptors (Lipinski definition) is 4. The number of rotatable bonds is 3. The Morgan fingerprint density at radius 1 is 1.30 bits per heavy atom. The molecule has 102 valence electrons. The molecular formula is C15H16N4O. The Bertz CT molecular complexity index is 736. The SMILES string of the molecule is Cn1c(-c2ccccn2)nc2ccc(C(N)CO)cc21. The van der Waals surface area contributed by atoms with E-state index in [1.807, 2.05) is 48.0 Å². The van der Waals surface area contributed by atoms with Gasteiger partial charge in [0.2, 0.25) is 0 Å². The molecule has 0 saturated heterocycles. The molecule has 0 radical (unpaired) electrons. The van der Waals surface area contributed by atoms with Crippen LogP contribution in [0, 0.1) is 0 Å². The molecule has 5 nitrogen and oxygen atoms in total. The normalized spacial score (nSPS) is 12.8. The van der Waals surface area contributed by atoms with Gasteiger partial charge in [-0.3, -0.25) is 4.98 Å². The third-order valence-electron chi connectivity index (χ3n) is 3.42. The molecule has 5 heteroatoms. The molecule has 3 aromatic rings. The second kappa shape index (κ2) is 5.03. The van der Waals surface area contributed by atoms with Crippen LogP contribution >= 0.6 is 0 Å². The highest BCUT2D eigenvalue weighted by Crippen LogP contribution is 2.24. The number of fused-ring (bicyclic) bond motifs is 1. The molecule has 0 bridgehead atoms. The largest absolute Gasteiger partial charge is 0.394 e. The smallest absolute Gasteiger partial charge is 0.159 e. The first-order chi connectivity index (χ1) is 9.70. The van der Waals surface area contributed by atoms with Crippen LogP contribution in [0.15, 0.2) is 42.6 Å². The molecular weight excluding hydrogens is 252 g/mol. The minimum Gasteiger partial charge on any atom is -0.394 e. The number of hydrogen-bond donors (Lipinski definition) is 2. The summed E-state index contributed by atoms with van der Waals surface area (Å²) in [6.45, 7) is -0.0730. The molecule has 2 aromatic heterocycles. The van der Waals surface area contributed by atoms with E-state index in [0.29, 0.717) is 0 Å². The maximum atomic E-state index is 9.16. The zero-order valence-corrected chi connectivity index (χ0v) is 11.2. The summed E-state index contributed by atoms with van der Waals surface area (Å²) < 4.78 is 1.99. The van der Waals surface area contributed by atoms with Gasteiger partial charge in [-0.15, -0.1) is 0 Å². The van der Waals surface area contributed by atoms with Crippen molar-refractivity contribution in [1.82, 2.24) is 14.5 Å². The summed E-state index contributed by atoms with van der Waals surface area (Å²) in [5.74, 6) is 0.815. The molecule has 3 N–H and O–H groups in total. The first-order valence-electron chi connectivity index (χ1n) is 6.45. The van der Waals surface area contributed by atoms with Crippen LogP contribution in [0.1, 0.15) is 11.6 Å². The zero-order chi connectivity index (χ0) is 14.1. The molecule has 0 aliphatic carbocycles. The van der Waals surface area contributed by atoms with E-state index >= 15 is 0 Å². The van der Waals surface area contributed by atoms with Crippen LogP contribution in [0.25, 0.3) is 22.6 Å². The number of aryl methyl sites for hydroxylation is 1. The highest BCUT2D eigenvalue weighted by molar-refractivity contribution is 5.80. The van der Waals surface area contributed by atoms with Gasteiger partial charge in [-0.05, 0) is 29.8 Å². The Kier molecular flexibility index (Phi) is 3.22. The Morgan fingerprint density at radius 2 is 2.15 bits per heavy atom. The van der Waals surface area contributed by atoms with Crippen LogP contribution in [0.3, 0.4) is 0 Å². The molecule has 0 saturated carbocycles. The number of imidazole rings is 1. The molecule has 1 unspecified atom stereocenters. The summed E-state index contributed by atoms with van der Waals surface area (Å²) >= 11 is 0. The van der Waals surface area contributed by atoms with E-state index in [1.165, 1.54) is 0 Å². The van der Waals surface area contributed by atoms with E-state index in [0.717, 1.165) is 28.1 Å². The fourth-order valence-electron chi connectivity index (χ4n) is 2.27. The summed E-state index contributed by atoms with van der Waals surface area (Å²) in [7, 11) is 1.95. The minimum absolute atomic E-state index is 0.0730. The average Bonchev–Trinajstić information content (AvgIpc) is 2.84. The number of benzene rings is 1. The van der Waals surface area contributed by atoms with Gasteiger partial charge in [0.15, 0.2) is 5.82 Å². The van der Waals surface area contributed by atoms with Gasteiger partial charge in [0, 0.05) is 13.2 Å². The van der Waals surface area contributed by atoms with Crippen LogP contribution in [0.2, 0.25) is 0 Å². The summed E-state index contributed by atoms with van der Waals surface area (Å²) in [4.78, 5) is 8.94. The van der Waals surface area contributed by atoms with E-state index in [4.69, 9.17) is 10.8 Å². The molecule has 1 aromatic carbocycles. The highest BCUT2D eigenvalue weighted by Gasteiger charge is 2.12. The minimum atomic E-state index is -0.368. The number of aliphatic hydroxyl groups is 1. The molecule has 1 atom stereocenters. The van der Waals surface area contributed by atoms with Gasteiger partial charge < -0.3 is 15.4 Å². The Hall–Kier alpha value is -2.24. The van der Waals surface area contributed by atoms with Gasteiger partial charge >= 0.3 is 0 Å². The summed E-state index contributed by atoms with van der Waals surface area (Å²) in [5.41, 5.74) is 9.46. The second-order valence-corrected chi connectivity index (χ2v) is 4.75.